The average Bonchev–Trinajstić information content (AvgIpc) is 2.80. The number of carbonyl (C=O) groups excluding carboxylic acids is 1. The highest BCUT2D eigenvalue weighted by atomic mass is 16.5. The Hall–Kier alpha value is -3.85. The van der Waals surface area contributed by atoms with Crippen molar-refractivity contribution in [2.75, 3.05) is 39.2 Å². The number of allylic oxidation sites excluding steroid dienone is 1. The zero-order valence-corrected chi connectivity index (χ0v) is 18.6. The lowest BCUT2D eigenvalue weighted by Gasteiger charge is -2.25. The van der Waals surface area contributed by atoms with Crippen LogP contribution < -0.4 is 20.5 Å². The molecule has 0 bridgehead atoms. The van der Waals surface area contributed by atoms with Gasteiger partial charge in [0.15, 0.2) is 0 Å². The summed E-state index contributed by atoms with van der Waals surface area (Å²) in [5, 5.41) is 19.7. The van der Waals surface area contributed by atoms with Gasteiger partial charge in [0, 0.05) is 24.5 Å². The number of likely N-dealkylation sites (N-methyl/N-ethyl adjacent to an activating group) is 1. The summed E-state index contributed by atoms with van der Waals surface area (Å²) in [6, 6.07) is 9.85. The number of ether oxygens (including phenoxy) is 2. The third-order valence-electron chi connectivity index (χ3n) is 5.29. The van der Waals surface area contributed by atoms with E-state index in [-0.39, 0.29) is 18.1 Å². The number of carboxylic acids is 1. The van der Waals surface area contributed by atoms with E-state index in [0.29, 0.717) is 53.5 Å². The van der Waals surface area contributed by atoms with Gasteiger partial charge in [0.05, 0.1) is 17.2 Å². The molecule has 33 heavy (non-hydrogen) atoms. The van der Waals surface area contributed by atoms with E-state index in [2.05, 4.69) is 5.32 Å². The molecule has 0 aliphatic carbocycles. The van der Waals surface area contributed by atoms with Gasteiger partial charge in [-0.15, -0.1) is 0 Å². The first-order valence-corrected chi connectivity index (χ1v) is 10.5. The Morgan fingerprint density at radius 2 is 2.03 bits per heavy atom. The Labute approximate surface area is 192 Å². The fourth-order valence-electron chi connectivity index (χ4n) is 3.42. The molecule has 1 aliphatic rings. The molecular weight excluding hydrogens is 424 g/mol. The molecule has 1 amide bonds. The number of hydrogen-bond acceptors (Lipinski definition) is 7. The maximum atomic E-state index is 13.0. The number of nitrogens with zero attached hydrogens (tertiary/aromatic N) is 1. The monoisotopic (exact) mass is 452 g/mol. The molecule has 174 valence electrons. The highest BCUT2D eigenvalue weighted by Gasteiger charge is 2.27. The van der Waals surface area contributed by atoms with Crippen molar-refractivity contribution in [3.8, 4) is 11.5 Å². The molecule has 9 heteroatoms. The SMILES string of the molecule is CN(C)CCOc1cc(/C(C=N)=C/N)ccc1NC(=O)C1COc2ccc(C(=O)O)cc2C1. The van der Waals surface area contributed by atoms with Crippen LogP contribution in [0.2, 0.25) is 0 Å². The molecular formula is C24H28N4O5. The zero-order chi connectivity index (χ0) is 24.0. The minimum Gasteiger partial charge on any atom is -0.492 e. The van der Waals surface area contributed by atoms with E-state index in [9.17, 15) is 14.7 Å². The quantitative estimate of drug-likeness (QED) is 0.429. The minimum atomic E-state index is -1.03. The number of amides is 1. The van der Waals surface area contributed by atoms with Crippen molar-refractivity contribution < 1.29 is 24.2 Å². The van der Waals surface area contributed by atoms with Gasteiger partial charge in [-0.2, -0.15) is 0 Å². The smallest absolute Gasteiger partial charge is 0.335 e. The summed E-state index contributed by atoms with van der Waals surface area (Å²) in [5.41, 5.74) is 8.16. The molecule has 5 N–H and O–H groups in total. The first-order chi connectivity index (χ1) is 15.8. The van der Waals surface area contributed by atoms with Crippen molar-refractivity contribution in [3.05, 3.63) is 59.3 Å². The van der Waals surface area contributed by atoms with Crippen LogP contribution in [0.3, 0.4) is 0 Å². The molecule has 2 aromatic carbocycles. The van der Waals surface area contributed by atoms with Gasteiger partial charge >= 0.3 is 5.97 Å². The number of anilines is 1. The van der Waals surface area contributed by atoms with Gasteiger partial charge in [-0.1, -0.05) is 6.07 Å². The van der Waals surface area contributed by atoms with Gasteiger partial charge in [0.2, 0.25) is 5.91 Å². The predicted molar refractivity (Wildman–Crippen MR) is 126 cm³/mol. The summed E-state index contributed by atoms with van der Waals surface area (Å²) in [5.74, 6) is -0.715. The third-order valence-corrected chi connectivity index (χ3v) is 5.29. The summed E-state index contributed by atoms with van der Waals surface area (Å²) < 4.78 is 11.6. The van der Waals surface area contributed by atoms with E-state index < -0.39 is 11.9 Å². The molecule has 0 aromatic heterocycles. The number of nitrogens with one attached hydrogen (secondary N) is 2. The number of carboxylic acid groups (broad SMARTS) is 1. The molecule has 0 fully saturated rings. The highest BCUT2D eigenvalue weighted by Crippen LogP contribution is 2.32. The largest absolute Gasteiger partial charge is 0.492 e. The Balaban J connectivity index is 1.79. The van der Waals surface area contributed by atoms with Crippen LogP contribution in [0.25, 0.3) is 5.57 Å². The fourth-order valence-corrected chi connectivity index (χ4v) is 3.42. The standard InChI is InChI=1S/C24H28N4O5/c1-28(2)7-8-32-22-11-15(19(12-25)13-26)3-5-20(22)27-23(29)18-10-17-9-16(24(30)31)4-6-21(17)33-14-18/h3-6,9,11-13,18,25H,7-8,10,14,26H2,1-2H3,(H,27,29)(H,30,31)/b19-13+,25-12?. The predicted octanol–water partition coefficient (Wildman–Crippen LogP) is 2.46. The number of aromatic carboxylic acids is 1. The molecule has 0 saturated carbocycles. The van der Waals surface area contributed by atoms with E-state index in [1.54, 1.807) is 30.3 Å². The lowest BCUT2D eigenvalue weighted by Crippen LogP contribution is -2.33. The van der Waals surface area contributed by atoms with Crippen LogP contribution in [-0.4, -0.2) is 62.0 Å². The van der Waals surface area contributed by atoms with Crippen molar-refractivity contribution in [1.29, 1.82) is 5.41 Å². The molecule has 0 radical (unpaired) electrons. The van der Waals surface area contributed by atoms with Gasteiger partial charge in [-0.25, -0.2) is 4.79 Å². The molecule has 1 atom stereocenters. The van der Waals surface area contributed by atoms with Crippen LogP contribution in [-0.2, 0) is 11.2 Å². The molecule has 9 nitrogen and oxygen atoms in total. The van der Waals surface area contributed by atoms with Crippen LogP contribution in [0, 0.1) is 11.3 Å². The normalized spacial score (nSPS) is 15.4. The topological polar surface area (TPSA) is 138 Å². The van der Waals surface area contributed by atoms with Crippen molar-refractivity contribution >= 4 is 29.4 Å². The summed E-state index contributed by atoms with van der Waals surface area (Å²) in [7, 11) is 3.87. The van der Waals surface area contributed by atoms with Crippen molar-refractivity contribution in [3.63, 3.8) is 0 Å². The first-order valence-electron chi connectivity index (χ1n) is 10.5. The van der Waals surface area contributed by atoms with Crippen LogP contribution in [0.4, 0.5) is 5.69 Å². The molecule has 3 rings (SSSR count). The molecule has 0 saturated heterocycles. The Morgan fingerprint density at radius 3 is 2.70 bits per heavy atom. The molecule has 1 unspecified atom stereocenters. The van der Waals surface area contributed by atoms with Gasteiger partial charge in [0.25, 0.3) is 0 Å². The number of carbonyl (C=O) groups is 2. The van der Waals surface area contributed by atoms with Gasteiger partial charge in [-0.3, -0.25) is 4.79 Å². The molecule has 0 spiro atoms. The maximum Gasteiger partial charge on any atom is 0.335 e. The number of rotatable bonds is 9. The van der Waals surface area contributed by atoms with E-state index >= 15 is 0 Å². The third kappa shape index (κ3) is 5.89. The van der Waals surface area contributed by atoms with E-state index in [1.807, 2.05) is 19.0 Å². The highest BCUT2D eigenvalue weighted by molar-refractivity contribution is 6.08. The summed E-state index contributed by atoms with van der Waals surface area (Å²) >= 11 is 0. The Morgan fingerprint density at radius 1 is 1.27 bits per heavy atom. The minimum absolute atomic E-state index is 0.153. The lowest BCUT2D eigenvalue weighted by molar-refractivity contribution is -0.121. The van der Waals surface area contributed by atoms with Crippen LogP contribution >= 0.6 is 0 Å². The maximum absolute atomic E-state index is 13.0. The number of hydrogen-bond donors (Lipinski definition) is 4. The molecule has 2 aromatic rings. The van der Waals surface area contributed by atoms with Crippen LogP contribution in [0.5, 0.6) is 11.5 Å². The van der Waals surface area contributed by atoms with Crippen LogP contribution in [0.15, 0.2) is 42.6 Å². The van der Waals surface area contributed by atoms with E-state index in [0.717, 1.165) is 6.21 Å². The summed E-state index contributed by atoms with van der Waals surface area (Å²) in [6.07, 6.45) is 2.86. The summed E-state index contributed by atoms with van der Waals surface area (Å²) in [6.45, 7) is 1.28. The molecule has 1 aliphatic heterocycles. The second kappa shape index (κ2) is 10.6. The van der Waals surface area contributed by atoms with Gasteiger partial charge < -0.3 is 35.9 Å². The second-order valence-corrected chi connectivity index (χ2v) is 7.96. The van der Waals surface area contributed by atoms with Crippen molar-refractivity contribution in [2.24, 2.45) is 11.7 Å². The second-order valence-electron chi connectivity index (χ2n) is 7.96. The Kier molecular flexibility index (Phi) is 7.68. The van der Waals surface area contributed by atoms with Gasteiger partial charge in [-0.05, 0) is 62.0 Å². The van der Waals surface area contributed by atoms with Crippen molar-refractivity contribution in [2.45, 2.75) is 6.42 Å². The van der Waals surface area contributed by atoms with E-state index in [1.165, 1.54) is 12.3 Å². The fraction of sp³-hybridized carbons (Fsp3) is 0.292. The number of fused-ring (bicyclic) bond motifs is 1. The zero-order valence-electron chi connectivity index (χ0n) is 18.6. The molecule has 1 heterocycles. The summed E-state index contributed by atoms with van der Waals surface area (Å²) in [4.78, 5) is 26.3. The van der Waals surface area contributed by atoms with Crippen molar-refractivity contribution in [1.82, 2.24) is 4.90 Å². The number of nitrogens with two attached hydrogens (primary N) is 1. The van der Waals surface area contributed by atoms with Crippen LogP contribution in [0.1, 0.15) is 21.5 Å². The number of benzene rings is 2. The van der Waals surface area contributed by atoms with Gasteiger partial charge in [0.1, 0.15) is 24.7 Å². The average molecular weight is 453 g/mol. The van der Waals surface area contributed by atoms with E-state index in [4.69, 9.17) is 20.6 Å². The lowest BCUT2D eigenvalue weighted by atomic mass is 9.94. The Bertz CT molecular complexity index is 1080. The first kappa shape index (κ1) is 23.8.